The van der Waals surface area contributed by atoms with Gasteiger partial charge in [-0.25, -0.2) is 4.79 Å². The Morgan fingerprint density at radius 1 is 1.13 bits per heavy atom. The fraction of sp³-hybridized carbons (Fsp3) is 0.400. The zero-order valence-corrected chi connectivity index (χ0v) is 13.6. The summed E-state index contributed by atoms with van der Waals surface area (Å²) >= 11 is 0. The van der Waals surface area contributed by atoms with Gasteiger partial charge in [0, 0.05) is 12.1 Å². The second-order valence-corrected chi connectivity index (χ2v) is 6.28. The van der Waals surface area contributed by atoms with Gasteiger partial charge in [0.25, 0.3) is 0 Å². The monoisotopic (exact) mass is 309 g/mol. The van der Waals surface area contributed by atoms with Gasteiger partial charge in [0.1, 0.15) is 6.61 Å². The van der Waals surface area contributed by atoms with Gasteiger partial charge >= 0.3 is 5.97 Å². The van der Waals surface area contributed by atoms with E-state index in [-0.39, 0.29) is 5.97 Å². The van der Waals surface area contributed by atoms with Crippen molar-refractivity contribution in [2.24, 2.45) is 0 Å². The summed E-state index contributed by atoms with van der Waals surface area (Å²) < 4.78 is 5.55. The molecule has 23 heavy (non-hydrogen) atoms. The summed E-state index contributed by atoms with van der Waals surface area (Å²) in [7, 11) is 0. The van der Waals surface area contributed by atoms with Gasteiger partial charge in [-0.1, -0.05) is 49.6 Å². The van der Waals surface area contributed by atoms with Crippen molar-refractivity contribution in [3.8, 4) is 0 Å². The standard InChI is InChI=1S/C20H23NO2/c1-15-12-13-21-19(17-10-6-3-7-11-17)18(15)20(22)23-14-16-8-4-2-5-9-16/h2,4-5,8-9,12-13,17H,3,6-7,10-11,14H2,1H3. The Hall–Kier alpha value is -2.16. The number of hydrogen-bond acceptors (Lipinski definition) is 3. The first kappa shape index (κ1) is 15.7. The number of aromatic nitrogens is 1. The molecule has 0 spiro atoms. The van der Waals surface area contributed by atoms with E-state index in [1.807, 2.05) is 49.5 Å². The molecule has 0 N–H and O–H groups in total. The molecule has 3 rings (SSSR count). The first-order valence-electron chi connectivity index (χ1n) is 8.42. The second-order valence-electron chi connectivity index (χ2n) is 6.28. The van der Waals surface area contributed by atoms with Crippen LogP contribution >= 0.6 is 0 Å². The van der Waals surface area contributed by atoms with Crippen molar-refractivity contribution in [3.63, 3.8) is 0 Å². The van der Waals surface area contributed by atoms with E-state index in [0.717, 1.165) is 29.7 Å². The van der Waals surface area contributed by atoms with Crippen molar-refractivity contribution in [2.75, 3.05) is 0 Å². The molecule has 0 unspecified atom stereocenters. The van der Waals surface area contributed by atoms with Crippen molar-refractivity contribution >= 4 is 5.97 Å². The highest BCUT2D eigenvalue weighted by atomic mass is 16.5. The van der Waals surface area contributed by atoms with E-state index < -0.39 is 0 Å². The average molecular weight is 309 g/mol. The van der Waals surface area contributed by atoms with Gasteiger partial charge in [-0.2, -0.15) is 0 Å². The third-order valence-corrected chi connectivity index (χ3v) is 4.60. The van der Waals surface area contributed by atoms with Crippen molar-refractivity contribution in [3.05, 3.63) is 65.0 Å². The lowest BCUT2D eigenvalue weighted by molar-refractivity contribution is 0.0469. The molecule has 1 aromatic carbocycles. The van der Waals surface area contributed by atoms with Crippen LogP contribution in [0, 0.1) is 6.92 Å². The fourth-order valence-electron chi connectivity index (χ4n) is 3.33. The topological polar surface area (TPSA) is 39.2 Å². The van der Waals surface area contributed by atoms with Crippen LogP contribution < -0.4 is 0 Å². The maximum absolute atomic E-state index is 12.6. The molecule has 1 aliphatic rings. The molecule has 1 aromatic heterocycles. The van der Waals surface area contributed by atoms with Gasteiger partial charge in [0.2, 0.25) is 0 Å². The van der Waals surface area contributed by atoms with Gasteiger partial charge in [-0.15, -0.1) is 0 Å². The number of hydrogen-bond donors (Lipinski definition) is 0. The maximum Gasteiger partial charge on any atom is 0.340 e. The van der Waals surface area contributed by atoms with E-state index in [9.17, 15) is 4.79 Å². The number of carbonyl (C=O) groups excluding carboxylic acids is 1. The number of esters is 1. The molecule has 0 bridgehead atoms. The van der Waals surface area contributed by atoms with E-state index in [4.69, 9.17) is 4.74 Å². The highest BCUT2D eigenvalue weighted by Crippen LogP contribution is 2.34. The highest BCUT2D eigenvalue weighted by Gasteiger charge is 2.25. The van der Waals surface area contributed by atoms with Gasteiger partial charge in [-0.3, -0.25) is 4.98 Å². The molecule has 2 aromatic rings. The quantitative estimate of drug-likeness (QED) is 0.762. The summed E-state index contributed by atoms with van der Waals surface area (Å²) in [5.74, 6) is 0.142. The van der Waals surface area contributed by atoms with Gasteiger partial charge in [0.15, 0.2) is 0 Å². The summed E-state index contributed by atoms with van der Waals surface area (Å²) in [6.07, 6.45) is 7.78. The number of rotatable bonds is 4. The Balaban J connectivity index is 1.79. The van der Waals surface area contributed by atoms with Crippen LogP contribution in [-0.4, -0.2) is 11.0 Å². The molecule has 1 heterocycles. The Morgan fingerprint density at radius 3 is 2.61 bits per heavy atom. The summed E-state index contributed by atoms with van der Waals surface area (Å²) in [5, 5.41) is 0. The zero-order valence-electron chi connectivity index (χ0n) is 13.6. The molecular weight excluding hydrogens is 286 g/mol. The van der Waals surface area contributed by atoms with E-state index in [0.29, 0.717) is 18.1 Å². The minimum atomic E-state index is -0.250. The molecule has 1 aliphatic carbocycles. The first-order valence-corrected chi connectivity index (χ1v) is 8.42. The summed E-state index contributed by atoms with van der Waals surface area (Å²) in [4.78, 5) is 17.2. The predicted molar refractivity (Wildman–Crippen MR) is 90.4 cm³/mol. The molecule has 0 atom stereocenters. The molecule has 3 nitrogen and oxygen atoms in total. The van der Waals surface area contributed by atoms with E-state index in [1.165, 1.54) is 19.3 Å². The smallest absolute Gasteiger partial charge is 0.340 e. The number of carbonyl (C=O) groups is 1. The molecule has 120 valence electrons. The predicted octanol–water partition coefficient (Wildman–Crippen LogP) is 4.79. The van der Waals surface area contributed by atoms with Crippen LogP contribution in [0.25, 0.3) is 0 Å². The van der Waals surface area contributed by atoms with Gasteiger partial charge in [-0.05, 0) is 37.0 Å². The highest BCUT2D eigenvalue weighted by molar-refractivity contribution is 5.92. The Kier molecular flexibility index (Phi) is 5.06. The summed E-state index contributed by atoms with van der Waals surface area (Å²) in [6, 6.07) is 11.7. The molecule has 0 radical (unpaired) electrons. The molecular formula is C20H23NO2. The lowest BCUT2D eigenvalue weighted by Crippen LogP contribution is -2.16. The third-order valence-electron chi connectivity index (χ3n) is 4.60. The van der Waals surface area contributed by atoms with E-state index >= 15 is 0 Å². The number of nitrogens with zero attached hydrogens (tertiary/aromatic N) is 1. The van der Waals surface area contributed by atoms with Crippen LogP contribution in [0.4, 0.5) is 0 Å². The van der Waals surface area contributed by atoms with Crippen LogP contribution in [-0.2, 0) is 11.3 Å². The van der Waals surface area contributed by atoms with Crippen molar-refractivity contribution in [1.29, 1.82) is 0 Å². The van der Waals surface area contributed by atoms with Crippen molar-refractivity contribution < 1.29 is 9.53 Å². The molecule has 0 saturated heterocycles. The average Bonchev–Trinajstić information content (AvgIpc) is 2.61. The van der Waals surface area contributed by atoms with Gasteiger partial charge < -0.3 is 4.74 Å². The largest absolute Gasteiger partial charge is 0.457 e. The van der Waals surface area contributed by atoms with Crippen LogP contribution in [0.5, 0.6) is 0 Å². The van der Waals surface area contributed by atoms with Crippen LogP contribution in [0.15, 0.2) is 42.6 Å². The lowest BCUT2D eigenvalue weighted by Gasteiger charge is -2.23. The summed E-state index contributed by atoms with van der Waals surface area (Å²) in [5.41, 5.74) is 3.57. The molecule has 0 amide bonds. The normalized spacial score (nSPS) is 15.3. The maximum atomic E-state index is 12.6. The zero-order chi connectivity index (χ0) is 16.1. The van der Waals surface area contributed by atoms with E-state index in [1.54, 1.807) is 0 Å². The van der Waals surface area contributed by atoms with Crippen LogP contribution in [0.1, 0.15) is 65.2 Å². The minimum Gasteiger partial charge on any atom is -0.457 e. The number of ether oxygens (including phenoxy) is 1. The molecule has 1 fully saturated rings. The van der Waals surface area contributed by atoms with Crippen molar-refractivity contribution in [1.82, 2.24) is 4.98 Å². The van der Waals surface area contributed by atoms with Gasteiger partial charge in [0.05, 0.1) is 11.3 Å². The number of pyridine rings is 1. The molecule has 1 saturated carbocycles. The Labute approximate surface area is 137 Å². The fourth-order valence-corrected chi connectivity index (χ4v) is 3.33. The minimum absolute atomic E-state index is 0.250. The molecule has 0 aliphatic heterocycles. The number of benzene rings is 1. The van der Waals surface area contributed by atoms with Crippen molar-refractivity contribution in [2.45, 2.75) is 51.6 Å². The Morgan fingerprint density at radius 2 is 1.87 bits per heavy atom. The van der Waals surface area contributed by atoms with E-state index in [2.05, 4.69) is 4.98 Å². The molecule has 3 heteroatoms. The SMILES string of the molecule is Cc1ccnc(C2CCCCC2)c1C(=O)OCc1ccccc1. The Bertz CT molecular complexity index is 661. The second kappa shape index (κ2) is 7.40. The number of aryl methyl sites for hydroxylation is 1. The lowest BCUT2D eigenvalue weighted by atomic mass is 9.84. The summed E-state index contributed by atoms with van der Waals surface area (Å²) in [6.45, 7) is 2.27. The first-order chi connectivity index (χ1) is 11.3. The third kappa shape index (κ3) is 3.79. The van der Waals surface area contributed by atoms with Crippen LogP contribution in [0.2, 0.25) is 0 Å². The van der Waals surface area contributed by atoms with Crippen LogP contribution in [0.3, 0.4) is 0 Å².